The molecule has 0 aliphatic heterocycles. The van der Waals surface area contributed by atoms with Crippen molar-refractivity contribution in [2.24, 2.45) is 0 Å². The minimum Gasteiger partial charge on any atom is -0.489 e. The van der Waals surface area contributed by atoms with Crippen LogP contribution in [0.1, 0.15) is 32.0 Å². The fourth-order valence-corrected chi connectivity index (χ4v) is 2.64. The van der Waals surface area contributed by atoms with E-state index >= 15 is 0 Å². The van der Waals surface area contributed by atoms with Crippen LogP contribution in [0.4, 0.5) is 0 Å². The van der Waals surface area contributed by atoms with Crippen molar-refractivity contribution >= 4 is 27.7 Å². The van der Waals surface area contributed by atoms with Crippen molar-refractivity contribution in [2.75, 3.05) is 0 Å². The van der Waals surface area contributed by atoms with E-state index < -0.39 is 11.8 Å². The summed E-state index contributed by atoms with van der Waals surface area (Å²) < 4.78 is 11.8. The van der Waals surface area contributed by atoms with Gasteiger partial charge in [0.15, 0.2) is 0 Å². The molecule has 27 heavy (non-hydrogen) atoms. The molecule has 0 saturated carbocycles. The summed E-state index contributed by atoms with van der Waals surface area (Å²) in [5.41, 5.74) is 6.38. The number of benzene rings is 2. The van der Waals surface area contributed by atoms with Crippen molar-refractivity contribution in [1.29, 1.82) is 0 Å². The van der Waals surface area contributed by atoms with Crippen LogP contribution in [0.5, 0.6) is 5.75 Å². The summed E-state index contributed by atoms with van der Waals surface area (Å²) in [7, 11) is 0. The van der Waals surface area contributed by atoms with Crippen LogP contribution >= 0.6 is 15.9 Å². The van der Waals surface area contributed by atoms with Crippen molar-refractivity contribution in [3.63, 3.8) is 0 Å². The number of rotatable bonds is 5. The highest BCUT2D eigenvalue weighted by atomic mass is 79.9. The number of hydrogen-bond donors (Lipinski definition) is 2. The lowest BCUT2D eigenvalue weighted by molar-refractivity contribution is 0.0845. The SMILES string of the molecule is Cc1occc1C(=O)NNC(=O)c1cccc(COc2ccc(Br)cc2)c1. The average molecular weight is 429 g/mol. The molecule has 2 N–H and O–H groups in total. The molecule has 0 saturated heterocycles. The monoisotopic (exact) mass is 428 g/mol. The Kier molecular flexibility index (Phi) is 5.93. The number of aryl methyl sites for hydroxylation is 1. The van der Waals surface area contributed by atoms with Gasteiger partial charge >= 0.3 is 0 Å². The topological polar surface area (TPSA) is 80.6 Å². The number of carbonyl (C=O) groups is 2. The zero-order chi connectivity index (χ0) is 19.2. The molecule has 0 aliphatic rings. The van der Waals surface area contributed by atoms with Crippen LogP contribution in [0.2, 0.25) is 0 Å². The molecule has 138 valence electrons. The lowest BCUT2D eigenvalue weighted by Gasteiger charge is -2.09. The average Bonchev–Trinajstić information content (AvgIpc) is 3.11. The molecule has 1 heterocycles. The predicted octanol–water partition coefficient (Wildman–Crippen LogP) is 4.00. The summed E-state index contributed by atoms with van der Waals surface area (Å²) in [6.45, 7) is 2.00. The number of halogens is 1. The fraction of sp³-hybridized carbons (Fsp3) is 0.100. The van der Waals surface area contributed by atoms with Gasteiger partial charge in [0, 0.05) is 10.0 Å². The minimum atomic E-state index is -0.440. The molecule has 0 radical (unpaired) electrons. The van der Waals surface area contributed by atoms with Gasteiger partial charge in [0.05, 0.1) is 11.8 Å². The van der Waals surface area contributed by atoms with Crippen molar-refractivity contribution in [3.05, 3.63) is 87.8 Å². The van der Waals surface area contributed by atoms with E-state index in [2.05, 4.69) is 26.8 Å². The normalized spacial score (nSPS) is 10.3. The van der Waals surface area contributed by atoms with Crippen LogP contribution in [0.3, 0.4) is 0 Å². The second-order valence-electron chi connectivity index (χ2n) is 5.74. The maximum absolute atomic E-state index is 12.3. The zero-order valence-corrected chi connectivity index (χ0v) is 16.1. The van der Waals surface area contributed by atoms with Gasteiger partial charge in [-0.3, -0.25) is 20.4 Å². The summed E-state index contributed by atoms with van der Waals surface area (Å²) in [5, 5.41) is 0. The maximum atomic E-state index is 12.3. The molecule has 0 unspecified atom stereocenters. The van der Waals surface area contributed by atoms with E-state index in [1.807, 2.05) is 30.3 Å². The third kappa shape index (κ3) is 4.98. The maximum Gasteiger partial charge on any atom is 0.273 e. The zero-order valence-electron chi connectivity index (χ0n) is 14.5. The van der Waals surface area contributed by atoms with E-state index in [1.54, 1.807) is 25.1 Å². The first-order valence-corrected chi connectivity index (χ1v) is 8.94. The molecule has 0 aliphatic carbocycles. The number of ether oxygens (including phenoxy) is 1. The highest BCUT2D eigenvalue weighted by Crippen LogP contribution is 2.17. The Morgan fingerprint density at radius 1 is 1.04 bits per heavy atom. The van der Waals surface area contributed by atoms with E-state index in [0.29, 0.717) is 23.5 Å². The van der Waals surface area contributed by atoms with Gasteiger partial charge in [0.2, 0.25) is 0 Å². The van der Waals surface area contributed by atoms with Gasteiger partial charge in [-0.1, -0.05) is 28.1 Å². The standard InChI is InChI=1S/C20H17BrN2O4/c1-13-18(9-10-26-13)20(25)23-22-19(24)15-4-2-3-14(11-15)12-27-17-7-5-16(21)6-8-17/h2-11H,12H2,1H3,(H,22,24)(H,23,25). The Morgan fingerprint density at radius 3 is 2.48 bits per heavy atom. The van der Waals surface area contributed by atoms with E-state index in [9.17, 15) is 9.59 Å². The van der Waals surface area contributed by atoms with Crippen LogP contribution < -0.4 is 15.6 Å². The van der Waals surface area contributed by atoms with E-state index in [1.165, 1.54) is 12.3 Å². The van der Waals surface area contributed by atoms with E-state index in [-0.39, 0.29) is 0 Å². The quantitative estimate of drug-likeness (QED) is 0.601. The van der Waals surface area contributed by atoms with Crippen LogP contribution in [-0.2, 0) is 6.61 Å². The Balaban J connectivity index is 1.57. The van der Waals surface area contributed by atoms with E-state index in [0.717, 1.165) is 15.8 Å². The summed E-state index contributed by atoms with van der Waals surface area (Å²) in [6.07, 6.45) is 1.42. The number of hydrazine groups is 1. The van der Waals surface area contributed by atoms with Gasteiger partial charge in [-0.05, 0) is 55.0 Å². The number of nitrogens with one attached hydrogen (secondary N) is 2. The van der Waals surface area contributed by atoms with Crippen LogP contribution in [-0.4, -0.2) is 11.8 Å². The Bertz CT molecular complexity index is 951. The second-order valence-corrected chi connectivity index (χ2v) is 6.66. The molecule has 1 aromatic heterocycles. The largest absolute Gasteiger partial charge is 0.489 e. The highest BCUT2D eigenvalue weighted by Gasteiger charge is 2.13. The molecule has 0 spiro atoms. The second kappa shape index (κ2) is 8.55. The summed E-state index contributed by atoms with van der Waals surface area (Å²) in [5.74, 6) is 0.351. The first-order valence-electron chi connectivity index (χ1n) is 8.15. The summed E-state index contributed by atoms with van der Waals surface area (Å²) in [4.78, 5) is 24.3. The molecule has 3 aromatic rings. The molecular weight excluding hydrogens is 412 g/mol. The number of furan rings is 1. The fourth-order valence-electron chi connectivity index (χ4n) is 2.37. The van der Waals surface area contributed by atoms with Gasteiger partial charge in [0.1, 0.15) is 18.1 Å². The van der Waals surface area contributed by atoms with Crippen molar-refractivity contribution < 1.29 is 18.7 Å². The van der Waals surface area contributed by atoms with E-state index in [4.69, 9.17) is 9.15 Å². The number of hydrogen-bond acceptors (Lipinski definition) is 4. The molecular formula is C20H17BrN2O4. The molecule has 0 atom stereocenters. The highest BCUT2D eigenvalue weighted by molar-refractivity contribution is 9.10. The Labute approximate surface area is 164 Å². The van der Waals surface area contributed by atoms with Gasteiger partial charge in [0.25, 0.3) is 11.8 Å². The first-order chi connectivity index (χ1) is 13.0. The number of carbonyl (C=O) groups excluding carboxylic acids is 2. The Morgan fingerprint density at radius 2 is 1.78 bits per heavy atom. The van der Waals surface area contributed by atoms with Crippen LogP contribution in [0.25, 0.3) is 0 Å². The molecule has 2 aromatic carbocycles. The van der Waals surface area contributed by atoms with Gasteiger partial charge in [-0.15, -0.1) is 0 Å². The third-order valence-electron chi connectivity index (χ3n) is 3.80. The van der Waals surface area contributed by atoms with Crippen molar-refractivity contribution in [1.82, 2.24) is 10.9 Å². The van der Waals surface area contributed by atoms with Gasteiger partial charge < -0.3 is 9.15 Å². The molecule has 0 fully saturated rings. The number of amides is 2. The minimum absolute atomic E-state index is 0.323. The lowest BCUT2D eigenvalue weighted by Crippen LogP contribution is -2.41. The first kappa shape index (κ1) is 18.7. The van der Waals surface area contributed by atoms with Crippen molar-refractivity contribution in [2.45, 2.75) is 13.5 Å². The predicted molar refractivity (Wildman–Crippen MR) is 103 cm³/mol. The van der Waals surface area contributed by atoms with Crippen molar-refractivity contribution in [3.8, 4) is 5.75 Å². The molecule has 6 nitrogen and oxygen atoms in total. The Hall–Kier alpha value is -3.06. The van der Waals surface area contributed by atoms with Gasteiger partial charge in [-0.2, -0.15) is 0 Å². The molecule has 0 bridgehead atoms. The van der Waals surface area contributed by atoms with Crippen LogP contribution in [0.15, 0.2) is 69.8 Å². The molecule has 2 amide bonds. The third-order valence-corrected chi connectivity index (χ3v) is 4.33. The lowest BCUT2D eigenvalue weighted by atomic mass is 10.1. The molecule has 3 rings (SSSR count). The smallest absolute Gasteiger partial charge is 0.273 e. The summed E-state index contributed by atoms with van der Waals surface area (Å²) >= 11 is 3.37. The van der Waals surface area contributed by atoms with Crippen LogP contribution in [0, 0.1) is 6.92 Å². The summed E-state index contributed by atoms with van der Waals surface area (Å²) in [6, 6.07) is 16.0. The van der Waals surface area contributed by atoms with Gasteiger partial charge in [-0.25, -0.2) is 0 Å². The molecule has 7 heteroatoms.